The maximum Gasteiger partial charge on any atom is 0.490 e. The van der Waals surface area contributed by atoms with E-state index in [9.17, 15) is 13.2 Å². The Hall–Kier alpha value is -3.73. The highest BCUT2D eigenvalue weighted by molar-refractivity contribution is 5.80. The van der Waals surface area contributed by atoms with Crippen molar-refractivity contribution in [1.82, 2.24) is 24.7 Å². The van der Waals surface area contributed by atoms with Crippen LogP contribution in [0.5, 0.6) is 0 Å². The van der Waals surface area contributed by atoms with Gasteiger partial charge in [-0.3, -0.25) is 9.80 Å². The molecular weight excluding hydrogens is 543 g/mol. The summed E-state index contributed by atoms with van der Waals surface area (Å²) in [5, 5.41) is 7.12. The molecule has 7 nitrogen and oxygen atoms in total. The van der Waals surface area contributed by atoms with Crippen LogP contribution in [0.3, 0.4) is 0 Å². The maximum atomic E-state index is 10.6. The van der Waals surface area contributed by atoms with Crippen LogP contribution in [-0.4, -0.2) is 94.3 Å². The number of H-pyrrole nitrogens is 1. The number of carboxylic acids is 1. The number of nitrogens with one attached hydrogen (secondary N) is 1. The third kappa shape index (κ3) is 7.56. The van der Waals surface area contributed by atoms with Crippen molar-refractivity contribution in [2.24, 2.45) is 0 Å². The van der Waals surface area contributed by atoms with Gasteiger partial charge in [-0.05, 0) is 73.9 Å². The molecule has 1 aromatic heterocycles. The molecule has 2 aliphatic heterocycles. The molecule has 3 aromatic carbocycles. The number of hydrogen-bond acceptors (Lipinski definition) is 5. The van der Waals surface area contributed by atoms with E-state index in [-0.39, 0.29) is 0 Å². The van der Waals surface area contributed by atoms with Gasteiger partial charge >= 0.3 is 12.1 Å². The van der Waals surface area contributed by atoms with Crippen molar-refractivity contribution >= 4 is 17.0 Å². The number of halogens is 3. The summed E-state index contributed by atoms with van der Waals surface area (Å²) in [6.07, 6.45) is -2.43. The van der Waals surface area contributed by atoms with Crippen LogP contribution in [-0.2, 0) is 11.3 Å². The molecule has 3 heterocycles. The molecule has 2 N–H and O–H groups in total. The van der Waals surface area contributed by atoms with Gasteiger partial charge in [0.15, 0.2) is 0 Å². The molecule has 0 saturated carbocycles. The zero-order chi connectivity index (χ0) is 29.7. The van der Waals surface area contributed by atoms with Crippen molar-refractivity contribution in [2.75, 3.05) is 46.3 Å². The molecule has 0 amide bonds. The second-order valence-electron chi connectivity index (χ2n) is 11.0. The normalized spacial score (nSPS) is 17.6. The monoisotopic (exact) mass is 579 g/mol. The zero-order valence-corrected chi connectivity index (χ0v) is 23.6. The van der Waals surface area contributed by atoms with Crippen LogP contribution in [0.2, 0.25) is 0 Å². The number of alkyl halides is 3. The van der Waals surface area contributed by atoms with E-state index in [4.69, 9.17) is 14.9 Å². The Morgan fingerprint density at radius 1 is 0.881 bits per heavy atom. The molecule has 6 rings (SSSR count). The van der Waals surface area contributed by atoms with Crippen LogP contribution in [0.1, 0.15) is 18.4 Å². The summed E-state index contributed by atoms with van der Waals surface area (Å²) >= 11 is 0. The summed E-state index contributed by atoms with van der Waals surface area (Å²) in [4.78, 5) is 25.0. The summed E-state index contributed by atoms with van der Waals surface area (Å²) in [5.41, 5.74) is 7.09. The Morgan fingerprint density at radius 3 is 2.17 bits per heavy atom. The molecule has 42 heavy (non-hydrogen) atoms. The quantitative estimate of drug-likeness (QED) is 0.314. The predicted octanol–water partition coefficient (Wildman–Crippen LogP) is 5.74. The van der Waals surface area contributed by atoms with Crippen LogP contribution in [0.25, 0.3) is 33.5 Å². The van der Waals surface area contributed by atoms with Crippen molar-refractivity contribution < 1.29 is 23.1 Å². The van der Waals surface area contributed by atoms with Gasteiger partial charge in [0.05, 0.1) is 11.0 Å². The summed E-state index contributed by atoms with van der Waals surface area (Å²) in [6.45, 7) is 8.25. The van der Waals surface area contributed by atoms with Gasteiger partial charge in [-0.25, -0.2) is 9.78 Å². The first kappa shape index (κ1) is 29.8. The van der Waals surface area contributed by atoms with Crippen molar-refractivity contribution in [3.05, 3.63) is 78.4 Å². The number of aromatic amines is 1. The minimum atomic E-state index is -5.08. The Labute approximate surface area is 243 Å². The van der Waals surface area contributed by atoms with Crippen molar-refractivity contribution in [2.45, 2.75) is 31.6 Å². The third-order valence-corrected chi connectivity index (χ3v) is 8.05. The largest absolute Gasteiger partial charge is 0.490 e. The fourth-order valence-corrected chi connectivity index (χ4v) is 5.69. The van der Waals surface area contributed by atoms with Gasteiger partial charge < -0.3 is 15.0 Å². The summed E-state index contributed by atoms with van der Waals surface area (Å²) in [6, 6.07) is 26.8. The van der Waals surface area contributed by atoms with Gasteiger partial charge in [-0.2, -0.15) is 13.2 Å². The van der Waals surface area contributed by atoms with Gasteiger partial charge in [0.2, 0.25) is 0 Å². The lowest BCUT2D eigenvalue weighted by atomic mass is 10.0. The number of nitrogens with zero attached hydrogens (tertiary/aromatic N) is 4. The number of para-hydroxylation sites is 2. The van der Waals surface area contributed by atoms with Gasteiger partial charge in [0, 0.05) is 44.3 Å². The Kier molecular flexibility index (Phi) is 9.25. The molecule has 2 aliphatic rings. The molecule has 10 heteroatoms. The topological polar surface area (TPSA) is 75.7 Å². The molecule has 0 aliphatic carbocycles. The summed E-state index contributed by atoms with van der Waals surface area (Å²) < 4.78 is 31.7. The van der Waals surface area contributed by atoms with Gasteiger partial charge in [0.25, 0.3) is 0 Å². The van der Waals surface area contributed by atoms with Crippen LogP contribution in [0.4, 0.5) is 13.2 Å². The van der Waals surface area contributed by atoms with E-state index in [0.29, 0.717) is 0 Å². The van der Waals surface area contributed by atoms with E-state index in [2.05, 4.69) is 87.4 Å². The number of fused-ring (bicyclic) bond motifs is 1. The lowest BCUT2D eigenvalue weighted by Gasteiger charge is -2.42. The number of imidazole rings is 1. The van der Waals surface area contributed by atoms with Crippen LogP contribution in [0.15, 0.2) is 72.8 Å². The minimum Gasteiger partial charge on any atom is -0.475 e. The average Bonchev–Trinajstić information content (AvgIpc) is 3.43. The summed E-state index contributed by atoms with van der Waals surface area (Å²) in [5.74, 6) is -1.83. The smallest absolute Gasteiger partial charge is 0.475 e. The Morgan fingerprint density at radius 2 is 1.50 bits per heavy atom. The highest BCUT2D eigenvalue weighted by Crippen LogP contribution is 2.27. The van der Waals surface area contributed by atoms with Gasteiger partial charge in [-0.15, -0.1) is 0 Å². The van der Waals surface area contributed by atoms with Crippen molar-refractivity contribution in [1.29, 1.82) is 0 Å². The van der Waals surface area contributed by atoms with Crippen LogP contribution in [0, 0.1) is 0 Å². The predicted molar refractivity (Wildman–Crippen MR) is 158 cm³/mol. The number of carboxylic acid groups (broad SMARTS) is 1. The van der Waals surface area contributed by atoms with E-state index in [1.54, 1.807) is 0 Å². The van der Waals surface area contributed by atoms with Crippen LogP contribution < -0.4 is 0 Å². The molecule has 0 spiro atoms. The number of hydrogen-bond donors (Lipinski definition) is 2. The lowest BCUT2D eigenvalue weighted by molar-refractivity contribution is -0.192. The fraction of sp³-hybridized carbons (Fsp3) is 0.375. The van der Waals surface area contributed by atoms with Gasteiger partial charge in [0.1, 0.15) is 5.82 Å². The fourth-order valence-electron chi connectivity index (χ4n) is 5.69. The number of likely N-dealkylation sites (tertiary alicyclic amines) is 1. The number of benzene rings is 3. The van der Waals surface area contributed by atoms with Crippen LogP contribution >= 0.6 is 0 Å². The molecule has 0 bridgehead atoms. The second-order valence-corrected chi connectivity index (χ2v) is 11.0. The zero-order valence-electron chi connectivity index (χ0n) is 23.6. The van der Waals surface area contributed by atoms with Crippen molar-refractivity contribution in [3.8, 4) is 22.5 Å². The van der Waals surface area contributed by atoms with E-state index < -0.39 is 12.1 Å². The Bertz CT molecular complexity index is 1460. The number of piperidine rings is 1. The second kappa shape index (κ2) is 13.1. The van der Waals surface area contributed by atoms with E-state index >= 15 is 0 Å². The molecular formula is C32H36F3N5O2. The average molecular weight is 580 g/mol. The SMILES string of the molecule is CN1CCC(N2CCN(Cc3cccc(-c4cccc(-c5nc6ccccc6[nH]5)c4)c3)CC2)CC1.O=C(O)C(F)(F)F. The van der Waals surface area contributed by atoms with E-state index in [1.165, 1.54) is 55.7 Å². The maximum absolute atomic E-state index is 10.6. The first-order valence-electron chi connectivity index (χ1n) is 14.3. The minimum absolute atomic E-state index is 0.788. The molecule has 0 radical (unpaired) electrons. The first-order chi connectivity index (χ1) is 20.2. The molecule has 222 valence electrons. The van der Waals surface area contributed by atoms with E-state index in [0.717, 1.165) is 48.1 Å². The number of piperazine rings is 1. The van der Waals surface area contributed by atoms with Gasteiger partial charge in [-0.1, -0.05) is 48.5 Å². The van der Waals surface area contributed by atoms with E-state index in [1.807, 2.05) is 12.1 Å². The molecule has 4 aromatic rings. The third-order valence-electron chi connectivity index (χ3n) is 8.05. The lowest BCUT2D eigenvalue weighted by Crippen LogP contribution is -2.52. The first-order valence-corrected chi connectivity index (χ1v) is 14.3. The Balaban J connectivity index is 0.000000451. The highest BCUT2D eigenvalue weighted by atomic mass is 19.4. The number of aromatic nitrogens is 2. The molecule has 0 unspecified atom stereocenters. The molecule has 2 fully saturated rings. The van der Waals surface area contributed by atoms with Crippen molar-refractivity contribution in [3.63, 3.8) is 0 Å². The number of rotatable bonds is 5. The number of aliphatic carboxylic acids is 1. The number of carbonyl (C=O) groups is 1. The highest BCUT2D eigenvalue weighted by Gasteiger charge is 2.38. The molecule has 0 atom stereocenters. The summed E-state index contributed by atoms with van der Waals surface area (Å²) in [7, 11) is 2.25. The molecule has 2 saturated heterocycles. The standard InChI is InChI=1S/C30H35N5.C2HF3O2/c1-33-14-12-27(13-15-33)35-18-16-34(17-19-35)22-23-6-4-7-24(20-23)25-8-5-9-26(21-25)30-31-28-10-2-3-11-29(28)32-30;3-2(4,5)1(6)7/h2-11,20-21,27H,12-19,22H2,1H3,(H,31,32);(H,6,7).